The Balaban J connectivity index is 0.00000103. The minimum Gasteiger partial charge on any atom is -0.349 e. The largest absolute Gasteiger partial charge is 0.349 e. The summed E-state index contributed by atoms with van der Waals surface area (Å²) >= 11 is -0.750. The fraction of sp³-hybridized carbons (Fsp3) is 0.462. The van der Waals surface area contributed by atoms with Crippen LogP contribution >= 0.6 is 0 Å². The second-order valence-electron chi connectivity index (χ2n) is 9.26. The molecule has 2 aliphatic rings. The van der Waals surface area contributed by atoms with E-state index in [1.165, 1.54) is 36.8 Å². The minimum atomic E-state index is -0.750. The number of carbonyl (C=O) groups excluding carboxylic acids is 2. The third kappa shape index (κ3) is 7.33. The summed E-state index contributed by atoms with van der Waals surface area (Å²) in [6.07, 6.45) is 4.94. The molecule has 2 amide bonds. The van der Waals surface area contributed by atoms with E-state index in [0.717, 1.165) is 18.7 Å². The second-order valence-corrected chi connectivity index (χ2v) is 9.39. The zero-order chi connectivity index (χ0) is 24.5. The number of benzene rings is 2. The van der Waals surface area contributed by atoms with Crippen molar-refractivity contribution in [3.8, 4) is 0 Å². The van der Waals surface area contributed by atoms with E-state index in [4.69, 9.17) is 8.42 Å². The summed E-state index contributed by atoms with van der Waals surface area (Å²) in [7, 11) is 0. The van der Waals surface area contributed by atoms with E-state index >= 15 is 0 Å². The van der Waals surface area contributed by atoms with Crippen molar-refractivity contribution in [3.05, 3.63) is 70.8 Å². The molecule has 2 aromatic rings. The fourth-order valence-electron chi connectivity index (χ4n) is 4.93. The lowest BCUT2D eigenvalue weighted by atomic mass is 9.80. The normalized spacial score (nSPS) is 20.3. The summed E-state index contributed by atoms with van der Waals surface area (Å²) in [5, 5.41) is 5.76. The molecule has 1 heterocycles. The molecule has 7 nitrogen and oxygen atoms in total. The second kappa shape index (κ2) is 12.6. The van der Waals surface area contributed by atoms with Crippen LogP contribution in [0.1, 0.15) is 58.6 Å². The topological polar surface area (TPSA) is 95.6 Å². The molecule has 0 atom stereocenters. The van der Waals surface area contributed by atoms with Crippen LogP contribution in [0, 0.1) is 13.8 Å². The first-order chi connectivity index (χ1) is 16.4. The lowest BCUT2D eigenvalue weighted by Crippen LogP contribution is -2.63. The monoisotopic (exact) mass is 483 g/mol. The van der Waals surface area contributed by atoms with Crippen LogP contribution in [0.2, 0.25) is 0 Å². The Kier molecular flexibility index (Phi) is 9.53. The van der Waals surface area contributed by atoms with Crippen LogP contribution in [-0.2, 0) is 16.4 Å². The maximum absolute atomic E-state index is 12.2. The molecule has 182 valence electrons. The predicted molar refractivity (Wildman–Crippen MR) is 132 cm³/mol. The highest BCUT2D eigenvalue weighted by molar-refractivity contribution is 7.51. The van der Waals surface area contributed by atoms with E-state index in [0.29, 0.717) is 17.5 Å². The van der Waals surface area contributed by atoms with Crippen LogP contribution in [-0.4, -0.2) is 56.9 Å². The van der Waals surface area contributed by atoms with Gasteiger partial charge in [-0.05, 0) is 63.1 Å². The summed E-state index contributed by atoms with van der Waals surface area (Å²) in [4.78, 5) is 26.9. The Bertz CT molecular complexity index is 1020. The molecule has 0 bridgehead atoms. The van der Waals surface area contributed by atoms with Crippen molar-refractivity contribution in [2.75, 3.05) is 19.6 Å². The number of carbonyl (C=O) groups is 2. The summed E-state index contributed by atoms with van der Waals surface area (Å²) < 4.78 is 16.6. The molecule has 0 aromatic heterocycles. The maximum atomic E-state index is 12.2. The molecule has 1 aliphatic heterocycles. The van der Waals surface area contributed by atoms with Crippen molar-refractivity contribution in [2.24, 2.45) is 0 Å². The van der Waals surface area contributed by atoms with Gasteiger partial charge >= 0.3 is 11.6 Å². The number of nitrogens with one attached hydrogen (secondary N) is 2. The minimum absolute atomic E-state index is 0.0187. The SMILES string of the molecule is Cc1cccc(C(=O)NCC(=O)NC2CN(C3CCC(c4cccc(C)c4)CC3)C2)c1.O=S=O. The van der Waals surface area contributed by atoms with Crippen molar-refractivity contribution in [3.63, 3.8) is 0 Å². The van der Waals surface area contributed by atoms with Gasteiger partial charge in [0.05, 0.1) is 12.6 Å². The standard InChI is InChI=1S/C26H33N3O2.O2S/c1-18-5-3-7-21(13-18)20-9-11-24(12-10-20)29-16-23(17-29)28-25(30)15-27-26(31)22-8-4-6-19(2)14-22;1-3-2/h3-8,13-14,20,23-24H,9-12,15-17H2,1-2H3,(H,27,31)(H,28,30);. The summed E-state index contributed by atoms with van der Waals surface area (Å²) in [5.41, 5.74) is 4.44. The van der Waals surface area contributed by atoms with Gasteiger partial charge in [0.15, 0.2) is 0 Å². The summed E-state index contributed by atoms with van der Waals surface area (Å²) in [6.45, 7) is 5.96. The molecule has 34 heavy (non-hydrogen) atoms. The maximum Gasteiger partial charge on any atom is 0.335 e. The number of likely N-dealkylation sites (tertiary alicyclic amines) is 1. The van der Waals surface area contributed by atoms with Gasteiger partial charge in [-0.3, -0.25) is 14.5 Å². The zero-order valence-electron chi connectivity index (χ0n) is 19.8. The molecule has 2 aromatic carbocycles. The van der Waals surface area contributed by atoms with Crippen molar-refractivity contribution in [1.82, 2.24) is 15.5 Å². The van der Waals surface area contributed by atoms with E-state index in [1.807, 2.05) is 25.1 Å². The van der Waals surface area contributed by atoms with Crippen molar-refractivity contribution >= 4 is 23.4 Å². The van der Waals surface area contributed by atoms with Gasteiger partial charge in [-0.15, -0.1) is 0 Å². The highest BCUT2D eigenvalue weighted by Gasteiger charge is 2.35. The van der Waals surface area contributed by atoms with E-state index < -0.39 is 11.6 Å². The molecule has 8 heteroatoms. The average molecular weight is 484 g/mol. The van der Waals surface area contributed by atoms with Crippen LogP contribution in [0.3, 0.4) is 0 Å². The molecule has 0 unspecified atom stereocenters. The smallest absolute Gasteiger partial charge is 0.335 e. The van der Waals surface area contributed by atoms with Crippen LogP contribution in [0.5, 0.6) is 0 Å². The molecule has 1 aliphatic carbocycles. The van der Waals surface area contributed by atoms with Gasteiger partial charge in [-0.25, -0.2) is 0 Å². The Hall–Kier alpha value is -2.84. The third-order valence-corrected chi connectivity index (χ3v) is 6.69. The highest BCUT2D eigenvalue weighted by Crippen LogP contribution is 2.36. The molecule has 1 saturated heterocycles. The van der Waals surface area contributed by atoms with E-state index in [9.17, 15) is 9.59 Å². The lowest BCUT2D eigenvalue weighted by Gasteiger charge is -2.46. The summed E-state index contributed by atoms with van der Waals surface area (Å²) in [6, 6.07) is 17.1. The number of hydrogen-bond acceptors (Lipinski definition) is 5. The van der Waals surface area contributed by atoms with Gasteiger partial charge in [0.25, 0.3) is 5.91 Å². The van der Waals surface area contributed by atoms with Crippen molar-refractivity contribution < 1.29 is 18.0 Å². The molecule has 2 fully saturated rings. The number of rotatable bonds is 6. The first-order valence-electron chi connectivity index (χ1n) is 11.8. The van der Waals surface area contributed by atoms with Crippen LogP contribution in [0.4, 0.5) is 0 Å². The van der Waals surface area contributed by atoms with Gasteiger partial charge in [-0.1, -0.05) is 47.5 Å². The molecule has 0 spiro atoms. The van der Waals surface area contributed by atoms with Gasteiger partial charge in [-0.2, -0.15) is 8.42 Å². The molecular weight excluding hydrogens is 450 g/mol. The van der Waals surface area contributed by atoms with Gasteiger partial charge in [0.2, 0.25) is 5.91 Å². The highest BCUT2D eigenvalue weighted by atomic mass is 32.1. The number of aryl methyl sites for hydroxylation is 2. The van der Waals surface area contributed by atoms with Gasteiger partial charge < -0.3 is 10.6 Å². The van der Waals surface area contributed by atoms with E-state index in [2.05, 4.69) is 46.7 Å². The van der Waals surface area contributed by atoms with E-state index in [1.54, 1.807) is 6.07 Å². The first-order valence-corrected chi connectivity index (χ1v) is 12.4. The molecule has 1 saturated carbocycles. The first kappa shape index (κ1) is 25.8. The predicted octanol–water partition coefficient (Wildman–Crippen LogP) is 2.89. The Morgan fingerprint density at radius 2 is 1.56 bits per heavy atom. The van der Waals surface area contributed by atoms with E-state index in [-0.39, 0.29) is 24.4 Å². The van der Waals surface area contributed by atoms with Crippen molar-refractivity contribution in [1.29, 1.82) is 0 Å². The Labute approximate surface area is 204 Å². The number of nitrogens with zero attached hydrogens (tertiary/aromatic N) is 1. The Morgan fingerprint density at radius 1 is 0.941 bits per heavy atom. The fourth-order valence-corrected chi connectivity index (χ4v) is 4.93. The molecular formula is C26H33N3O4S. The molecule has 2 N–H and O–H groups in total. The van der Waals surface area contributed by atoms with Gasteiger partial charge in [0.1, 0.15) is 0 Å². The lowest BCUT2D eigenvalue weighted by molar-refractivity contribution is -0.122. The molecule has 4 rings (SSSR count). The zero-order valence-corrected chi connectivity index (χ0v) is 20.6. The van der Waals surface area contributed by atoms with Crippen LogP contribution < -0.4 is 10.6 Å². The van der Waals surface area contributed by atoms with Crippen molar-refractivity contribution in [2.45, 2.75) is 57.5 Å². The van der Waals surface area contributed by atoms with Crippen LogP contribution in [0.25, 0.3) is 0 Å². The number of amides is 2. The number of hydrogen-bond donors (Lipinski definition) is 2. The van der Waals surface area contributed by atoms with Crippen LogP contribution in [0.15, 0.2) is 48.5 Å². The Morgan fingerprint density at radius 3 is 2.18 bits per heavy atom. The molecule has 0 radical (unpaired) electrons. The quantitative estimate of drug-likeness (QED) is 0.659. The summed E-state index contributed by atoms with van der Waals surface area (Å²) in [5.74, 6) is 0.359. The average Bonchev–Trinajstić information content (AvgIpc) is 2.80. The third-order valence-electron chi connectivity index (χ3n) is 6.69. The van der Waals surface area contributed by atoms with Gasteiger partial charge in [0, 0.05) is 24.7 Å².